The molecule has 0 spiro atoms. The molecule has 18 rings (SSSR count). The highest BCUT2D eigenvalue weighted by Crippen LogP contribution is 2.43. The highest BCUT2D eigenvalue weighted by atomic mass is 35.5. The first-order chi connectivity index (χ1) is 62.6. The van der Waals surface area contributed by atoms with Crippen LogP contribution in [-0.4, -0.2) is 260 Å². The first-order valence-corrected chi connectivity index (χ1v) is 45.4. The molecule has 9 aromatic rings. The van der Waals surface area contributed by atoms with E-state index in [9.17, 15) is 27.6 Å². The number of likely N-dealkylation sites (tertiary alicyclic amines) is 1. The zero-order valence-corrected chi connectivity index (χ0v) is 74.9. The largest absolute Gasteiger partial charge is 0.463 e. The van der Waals surface area contributed by atoms with Crippen LogP contribution in [0, 0.1) is 25.6 Å². The number of carbonyl (C=O) groups excluding carboxylic acids is 3. The van der Waals surface area contributed by atoms with Gasteiger partial charge in [0.15, 0.2) is 17.5 Å². The second kappa shape index (κ2) is 40.9. The molecule has 3 amide bonds. The molecule has 11 heterocycles. The summed E-state index contributed by atoms with van der Waals surface area (Å²) >= 11 is 20.0. The molecule has 9 aliphatic rings. The number of carbonyl (C=O) groups is 3. The van der Waals surface area contributed by atoms with Gasteiger partial charge in [0.2, 0.25) is 19.6 Å². The Morgan fingerprint density at radius 1 is 0.434 bits per heavy atom. The summed E-state index contributed by atoms with van der Waals surface area (Å²) in [5, 5.41) is 8.40. The Bertz CT molecular complexity index is 5860. The highest BCUT2D eigenvalue weighted by Gasteiger charge is 2.42. The van der Waals surface area contributed by atoms with E-state index in [1.807, 2.05) is 54.6 Å². The van der Waals surface area contributed by atoms with Crippen LogP contribution in [0.25, 0.3) is 46.9 Å². The molecule has 0 radical (unpaired) electrons. The van der Waals surface area contributed by atoms with Gasteiger partial charge in [-0.1, -0.05) is 148 Å². The van der Waals surface area contributed by atoms with Crippen molar-refractivity contribution in [1.29, 1.82) is 0 Å². The number of morpholine rings is 1. The number of piperazine rings is 3. The maximum atomic E-state index is 13.8. The summed E-state index contributed by atoms with van der Waals surface area (Å²) in [5.41, 5.74) is 8.86. The molecule has 6 fully saturated rings. The molecular formula is C96H104Cl3F3N20O7. The van der Waals surface area contributed by atoms with Crippen molar-refractivity contribution in [2.24, 2.45) is 5.92 Å². The lowest BCUT2D eigenvalue weighted by atomic mass is 9.86. The minimum Gasteiger partial charge on any atom is -0.463 e. The number of halogens is 6. The van der Waals surface area contributed by atoms with Gasteiger partial charge in [-0.15, -0.1) is 0 Å². The number of likely N-dealkylation sites (N-methyl/N-ethyl adjacent to an activating group) is 2. The number of aromatic nitrogens is 6. The monoisotopic (exact) mass is 1810 g/mol. The van der Waals surface area contributed by atoms with Crippen molar-refractivity contribution < 1.29 is 46.5 Å². The fraction of sp³-hybridized carbons (Fsp3) is 0.438. The van der Waals surface area contributed by atoms with E-state index < -0.39 is 53.3 Å². The quantitative estimate of drug-likeness (QED) is 0.0430. The van der Waals surface area contributed by atoms with E-state index in [0.29, 0.717) is 144 Å². The maximum Gasteiger partial charge on any atom is 0.318 e. The topological polar surface area (TPSA) is 214 Å². The zero-order chi connectivity index (χ0) is 90.1. The van der Waals surface area contributed by atoms with Crippen LogP contribution < -0.4 is 43.6 Å². The molecule has 1 aliphatic carbocycles. The highest BCUT2D eigenvalue weighted by molar-refractivity contribution is 6.37. The lowest BCUT2D eigenvalue weighted by Gasteiger charge is -2.41. The van der Waals surface area contributed by atoms with Crippen LogP contribution in [0.4, 0.5) is 47.7 Å². The smallest absolute Gasteiger partial charge is 0.318 e. The van der Waals surface area contributed by atoms with Crippen LogP contribution in [-0.2, 0) is 58.0 Å². The van der Waals surface area contributed by atoms with Crippen LogP contribution in [0.3, 0.4) is 0 Å². The summed E-state index contributed by atoms with van der Waals surface area (Å²) in [4.78, 5) is 99.6. The van der Waals surface area contributed by atoms with E-state index in [4.69, 9.17) is 103 Å². The first-order valence-electron chi connectivity index (χ1n) is 44.3. The Labute approximate surface area is 764 Å². The van der Waals surface area contributed by atoms with Gasteiger partial charge in [-0.25, -0.2) is 32.9 Å². The van der Waals surface area contributed by atoms with Crippen molar-refractivity contribution in [3.05, 3.63) is 230 Å². The van der Waals surface area contributed by atoms with Gasteiger partial charge in [0.1, 0.15) is 54.9 Å². The van der Waals surface area contributed by atoms with Gasteiger partial charge >= 0.3 is 18.0 Å². The number of rotatable bonds is 23. The van der Waals surface area contributed by atoms with E-state index >= 15 is 0 Å². The molecule has 0 N–H and O–H groups in total. The average molecular weight is 1810 g/mol. The van der Waals surface area contributed by atoms with E-state index in [2.05, 4.69) is 142 Å². The van der Waals surface area contributed by atoms with E-state index in [1.54, 1.807) is 0 Å². The Morgan fingerprint density at radius 2 is 0.798 bits per heavy atom. The molecule has 129 heavy (non-hydrogen) atoms. The predicted octanol–water partition coefficient (Wildman–Crippen LogP) is 14.5. The lowest BCUT2D eigenvalue weighted by Crippen LogP contribution is -2.57. The summed E-state index contributed by atoms with van der Waals surface area (Å²) in [6.45, 7) is 50.2. The van der Waals surface area contributed by atoms with Gasteiger partial charge in [0.05, 0.1) is 65.0 Å². The molecule has 2 unspecified atom stereocenters. The number of fused-ring (bicyclic) bond motifs is 6. The zero-order valence-electron chi connectivity index (χ0n) is 72.6. The molecule has 33 heteroatoms. The SMILES string of the molecule is [C-]#[N+]C[C@H]1CN(c2nc(OCC3CCC3)nc3c2CCN(c2cccc4cccc(Cl)c24)C3)CCN1C(=O)C(=C)F.[C-]#[N+]C[C@H]1CN(c2nc(OCC3CCN3CC)nc3c2CCN(c2cccc4cccc(Cl)c24)C3)CCN1C(=O)C(=C)F.[C-]#[N+]C[C@H]1CN(c2nc(OCC3CN(CC)CCO3)nc3c2CCN(c2cccc4cccc(Cl)c24)C3)CCN1C(=O)C(=C)F. The number of hydrogen-bond donors (Lipinski definition) is 0. The Hall–Kier alpha value is -11.8. The van der Waals surface area contributed by atoms with Crippen molar-refractivity contribution >= 4 is 119 Å². The van der Waals surface area contributed by atoms with Gasteiger partial charge in [0, 0.05) is 154 Å². The molecule has 1 saturated carbocycles. The maximum absolute atomic E-state index is 13.8. The average Bonchev–Trinajstić information content (AvgIpc) is 0.757. The minimum absolute atomic E-state index is 0.0503. The molecule has 8 aliphatic heterocycles. The van der Waals surface area contributed by atoms with Crippen LogP contribution >= 0.6 is 34.8 Å². The molecule has 27 nitrogen and oxygen atoms in total. The molecule has 5 saturated heterocycles. The van der Waals surface area contributed by atoms with Crippen molar-refractivity contribution in [3.8, 4) is 18.0 Å². The van der Waals surface area contributed by atoms with Gasteiger partial charge < -0.3 is 77.6 Å². The van der Waals surface area contributed by atoms with Gasteiger partial charge in [-0.3, -0.25) is 24.2 Å². The second-order valence-electron chi connectivity index (χ2n) is 33.8. The van der Waals surface area contributed by atoms with Gasteiger partial charge in [0.25, 0.3) is 17.7 Å². The minimum atomic E-state index is -1.02. The number of ether oxygens (including phenoxy) is 4. The Balaban J connectivity index is 0.000000142. The van der Waals surface area contributed by atoms with Crippen LogP contribution in [0.1, 0.15) is 73.3 Å². The number of amides is 3. The summed E-state index contributed by atoms with van der Waals surface area (Å²) in [5.74, 6) is -2.52. The number of nitrogens with zero attached hydrogens (tertiary/aromatic N) is 20. The lowest BCUT2D eigenvalue weighted by molar-refractivity contribution is -0.131. The number of hydrogen-bond acceptors (Lipinski definition) is 21. The van der Waals surface area contributed by atoms with Gasteiger partial charge in [-0.05, 0) is 110 Å². The van der Waals surface area contributed by atoms with Gasteiger partial charge in [-0.2, -0.15) is 29.9 Å². The standard InChI is InChI=1S/C33H37ClFN7O3.C32H35ClFN7O2.C31H32ClFN6O2/c1-4-39-15-16-44-25(19-39)21-45-33-37-28-20-40(29-10-6-8-23-7-5-9-27(34)30(23)29)12-11-26(28)31(38-33)41-13-14-42(32(43)22(2)35)24(18-41)17-36-3;1-4-38-13-11-23(38)20-43-32-36-27-19-39(28-10-6-8-22-7-5-9-26(33)29(22)28)14-12-25(27)30(37-32)40-15-16-41(31(42)21(2)34)24(18-40)17-35-3;1-20(33)30(40)39-15-14-38(17-23(39)16-34-2)29-24-12-13-37(27-11-5-9-22-8-4-10-25(32)28(22)27)18-26(24)35-31(36-29)41-19-21-6-3-7-21/h5-10,24-25H,2,4,11-21H2,1H3;5-10,23-24H,2,4,11-20H2,1H3;4-5,8-11,21,23H,1,3,6-7,12-19H2/t24-,25?;23?,24-;23-/m000/s1. The predicted molar refractivity (Wildman–Crippen MR) is 497 cm³/mol. The first kappa shape index (κ1) is 90.5. The number of benzene rings is 6. The summed E-state index contributed by atoms with van der Waals surface area (Å²) in [6.07, 6.45) is 6.61. The van der Waals surface area contributed by atoms with Crippen LogP contribution in [0.5, 0.6) is 18.0 Å². The van der Waals surface area contributed by atoms with Crippen LogP contribution in [0.15, 0.2) is 146 Å². The summed E-state index contributed by atoms with van der Waals surface area (Å²) in [6, 6.07) is 36.2. The molecule has 3 aromatic heterocycles. The van der Waals surface area contributed by atoms with Crippen molar-refractivity contribution in [2.75, 3.05) is 187 Å². The third-order valence-corrected chi connectivity index (χ3v) is 27.1. The Morgan fingerprint density at radius 3 is 1.12 bits per heavy atom. The summed E-state index contributed by atoms with van der Waals surface area (Å²) in [7, 11) is 0. The fourth-order valence-electron chi connectivity index (χ4n) is 19.0. The van der Waals surface area contributed by atoms with E-state index in [0.717, 1.165) is 172 Å². The van der Waals surface area contributed by atoms with E-state index in [1.165, 1.54) is 21.1 Å². The molecular weight excluding hydrogens is 1710 g/mol. The normalized spacial score (nSPS) is 20.0. The molecule has 6 aromatic carbocycles. The molecule has 0 bridgehead atoms. The molecule has 5 atom stereocenters. The second-order valence-corrected chi connectivity index (χ2v) is 35.1. The third kappa shape index (κ3) is 20.0. The third-order valence-electron chi connectivity index (χ3n) is 26.1. The van der Waals surface area contributed by atoms with E-state index in [-0.39, 0.29) is 51.4 Å². The van der Waals surface area contributed by atoms with Crippen molar-refractivity contribution in [1.82, 2.24) is 54.4 Å². The van der Waals surface area contributed by atoms with Crippen LogP contribution in [0.2, 0.25) is 15.1 Å². The summed E-state index contributed by atoms with van der Waals surface area (Å²) < 4.78 is 65.9. The molecule has 672 valence electrons. The Kier molecular flexibility index (Phi) is 28.7. The van der Waals surface area contributed by atoms with Crippen molar-refractivity contribution in [2.45, 2.75) is 109 Å². The number of anilines is 6. The van der Waals surface area contributed by atoms with Crippen molar-refractivity contribution in [3.63, 3.8) is 0 Å². The fourth-order valence-corrected chi connectivity index (χ4v) is 19.9.